The number of nitrogens with two attached hydrogens (primary N) is 1. The molecule has 0 spiro atoms. The Kier molecular flexibility index (Phi) is 5.80. The predicted molar refractivity (Wildman–Crippen MR) is 96.0 cm³/mol. The molecule has 1 amide bonds. The van der Waals surface area contributed by atoms with Crippen molar-refractivity contribution in [2.24, 2.45) is 5.73 Å². The maximum absolute atomic E-state index is 11.1. The number of methoxy groups -OCH3 is 1. The molecule has 0 aliphatic rings. The first-order chi connectivity index (χ1) is 11.9. The summed E-state index contributed by atoms with van der Waals surface area (Å²) >= 11 is 0. The van der Waals surface area contributed by atoms with Crippen LogP contribution in [0.5, 0.6) is 11.5 Å². The van der Waals surface area contributed by atoms with Crippen molar-refractivity contribution in [3.05, 3.63) is 64.2 Å². The number of carbonyl (C=O) groups excluding carboxylic acids is 1. The van der Waals surface area contributed by atoms with Crippen molar-refractivity contribution >= 4 is 12.0 Å². The molecule has 0 heterocycles. The van der Waals surface area contributed by atoms with Crippen molar-refractivity contribution < 1.29 is 14.3 Å². The van der Waals surface area contributed by atoms with Crippen LogP contribution in [0.2, 0.25) is 0 Å². The van der Waals surface area contributed by atoms with Gasteiger partial charge in [0.25, 0.3) is 5.91 Å². The van der Waals surface area contributed by atoms with Crippen LogP contribution in [0.15, 0.2) is 42.0 Å². The lowest BCUT2D eigenvalue weighted by Gasteiger charge is -2.12. The molecule has 0 aromatic heterocycles. The van der Waals surface area contributed by atoms with Gasteiger partial charge in [-0.25, -0.2) is 0 Å². The van der Waals surface area contributed by atoms with Crippen molar-refractivity contribution in [3.8, 4) is 17.6 Å². The summed E-state index contributed by atoms with van der Waals surface area (Å²) in [6.45, 7) is 4.51. The molecule has 0 unspecified atom stereocenters. The number of hydrogen-bond acceptors (Lipinski definition) is 4. The van der Waals surface area contributed by atoms with Crippen LogP contribution in [0.4, 0.5) is 0 Å². The van der Waals surface area contributed by atoms with E-state index >= 15 is 0 Å². The highest BCUT2D eigenvalue weighted by Crippen LogP contribution is 2.29. The van der Waals surface area contributed by atoms with Gasteiger partial charge in [0, 0.05) is 0 Å². The molecule has 0 radical (unpaired) electrons. The number of rotatable bonds is 6. The summed E-state index contributed by atoms with van der Waals surface area (Å²) in [7, 11) is 1.53. The normalized spacial score (nSPS) is 10.9. The largest absolute Gasteiger partial charge is 0.493 e. The molecule has 0 fully saturated rings. The van der Waals surface area contributed by atoms with Crippen LogP contribution in [0.25, 0.3) is 6.08 Å². The SMILES string of the molecule is COc1cc(/C=C(\C#N)C(N)=O)ccc1OCc1cc(C)cc(C)c1. The summed E-state index contributed by atoms with van der Waals surface area (Å²) in [5, 5.41) is 8.92. The lowest BCUT2D eigenvalue weighted by Crippen LogP contribution is -2.12. The van der Waals surface area contributed by atoms with E-state index in [0.717, 1.165) is 5.56 Å². The minimum atomic E-state index is -0.767. The van der Waals surface area contributed by atoms with Crippen LogP contribution in [0.1, 0.15) is 22.3 Å². The van der Waals surface area contributed by atoms with Crippen LogP contribution in [0.3, 0.4) is 0 Å². The number of aryl methyl sites for hydroxylation is 2. The Morgan fingerprint density at radius 3 is 2.40 bits per heavy atom. The van der Waals surface area contributed by atoms with Gasteiger partial charge < -0.3 is 15.2 Å². The molecule has 5 nitrogen and oxygen atoms in total. The molecule has 0 saturated heterocycles. The van der Waals surface area contributed by atoms with E-state index in [-0.39, 0.29) is 5.57 Å². The third-order valence-corrected chi connectivity index (χ3v) is 3.56. The van der Waals surface area contributed by atoms with Crippen LogP contribution in [-0.4, -0.2) is 13.0 Å². The van der Waals surface area contributed by atoms with E-state index in [2.05, 4.69) is 18.2 Å². The fraction of sp³-hybridized carbons (Fsp3) is 0.200. The lowest BCUT2D eigenvalue weighted by molar-refractivity contribution is -0.114. The van der Waals surface area contributed by atoms with Crippen molar-refractivity contribution in [1.29, 1.82) is 5.26 Å². The number of benzene rings is 2. The molecule has 0 saturated carbocycles. The Balaban J connectivity index is 2.22. The van der Waals surface area contributed by atoms with Gasteiger partial charge in [0.1, 0.15) is 18.2 Å². The second-order valence-corrected chi connectivity index (χ2v) is 5.73. The smallest absolute Gasteiger partial charge is 0.259 e. The van der Waals surface area contributed by atoms with E-state index in [1.54, 1.807) is 24.3 Å². The van der Waals surface area contributed by atoms with Crippen molar-refractivity contribution in [2.45, 2.75) is 20.5 Å². The standard InChI is InChI=1S/C20H20N2O3/c1-13-6-14(2)8-16(7-13)12-25-18-5-4-15(10-19(18)24-3)9-17(11-21)20(22)23/h4-10H,12H2,1-3H3,(H2,22,23)/b17-9+. The van der Waals surface area contributed by atoms with Gasteiger partial charge in [-0.15, -0.1) is 0 Å². The molecule has 0 aliphatic carbocycles. The molecule has 2 N–H and O–H groups in total. The van der Waals surface area contributed by atoms with Crippen molar-refractivity contribution in [3.63, 3.8) is 0 Å². The van der Waals surface area contributed by atoms with Gasteiger partial charge in [-0.3, -0.25) is 4.79 Å². The first-order valence-corrected chi connectivity index (χ1v) is 7.72. The van der Waals surface area contributed by atoms with Gasteiger partial charge in [-0.05, 0) is 43.2 Å². The third-order valence-electron chi connectivity index (χ3n) is 3.56. The molecule has 5 heteroatoms. The molecule has 2 rings (SSSR count). The summed E-state index contributed by atoms with van der Waals surface area (Å²) in [6.07, 6.45) is 1.42. The number of ether oxygens (including phenoxy) is 2. The Morgan fingerprint density at radius 1 is 1.16 bits per heavy atom. The Labute approximate surface area is 147 Å². The maximum Gasteiger partial charge on any atom is 0.259 e. The number of nitriles is 1. The van der Waals surface area contributed by atoms with Crippen molar-refractivity contribution in [1.82, 2.24) is 0 Å². The van der Waals surface area contributed by atoms with Crippen LogP contribution >= 0.6 is 0 Å². The molecular formula is C20H20N2O3. The molecule has 0 aliphatic heterocycles. The summed E-state index contributed by atoms with van der Waals surface area (Å²) in [5.41, 5.74) is 9.09. The highest BCUT2D eigenvalue weighted by molar-refractivity contribution is 6.00. The average Bonchev–Trinajstić information content (AvgIpc) is 2.57. The Morgan fingerprint density at radius 2 is 1.84 bits per heavy atom. The third kappa shape index (κ3) is 4.85. The van der Waals surface area contributed by atoms with E-state index in [0.29, 0.717) is 23.7 Å². The van der Waals surface area contributed by atoms with E-state index in [1.165, 1.54) is 24.3 Å². The molecule has 2 aromatic rings. The number of nitrogens with zero attached hydrogens (tertiary/aromatic N) is 1. The van der Waals surface area contributed by atoms with Gasteiger partial charge in [-0.2, -0.15) is 5.26 Å². The highest BCUT2D eigenvalue weighted by Gasteiger charge is 2.08. The molecule has 128 valence electrons. The molecule has 25 heavy (non-hydrogen) atoms. The van der Waals surface area contributed by atoms with Crippen LogP contribution < -0.4 is 15.2 Å². The average molecular weight is 336 g/mol. The summed E-state index contributed by atoms with van der Waals surface area (Å²) in [4.78, 5) is 11.1. The minimum Gasteiger partial charge on any atom is -0.493 e. The second-order valence-electron chi connectivity index (χ2n) is 5.73. The summed E-state index contributed by atoms with van der Waals surface area (Å²) in [6, 6.07) is 13.2. The quantitative estimate of drug-likeness (QED) is 0.648. The van der Waals surface area contributed by atoms with Gasteiger partial charge in [0.15, 0.2) is 11.5 Å². The predicted octanol–water partition coefficient (Wildman–Crippen LogP) is 3.28. The highest BCUT2D eigenvalue weighted by atomic mass is 16.5. The second kappa shape index (κ2) is 8.02. The maximum atomic E-state index is 11.1. The molecule has 0 bridgehead atoms. The summed E-state index contributed by atoms with van der Waals surface area (Å²) < 4.78 is 11.2. The first kappa shape index (κ1) is 18.1. The fourth-order valence-electron chi connectivity index (χ4n) is 2.53. The topological polar surface area (TPSA) is 85.3 Å². The molecule has 2 aromatic carbocycles. The van der Waals surface area contributed by atoms with Gasteiger partial charge >= 0.3 is 0 Å². The Bertz CT molecular complexity index is 843. The zero-order valence-electron chi connectivity index (χ0n) is 14.5. The Hall–Kier alpha value is -3.26. The number of carbonyl (C=O) groups is 1. The van der Waals surface area contributed by atoms with E-state index in [4.69, 9.17) is 20.5 Å². The monoisotopic (exact) mass is 336 g/mol. The zero-order valence-corrected chi connectivity index (χ0v) is 14.5. The molecule has 0 atom stereocenters. The number of amides is 1. The summed E-state index contributed by atoms with van der Waals surface area (Å²) in [5.74, 6) is 0.327. The minimum absolute atomic E-state index is 0.119. The molecular weight excluding hydrogens is 316 g/mol. The number of hydrogen-bond donors (Lipinski definition) is 1. The fourth-order valence-corrected chi connectivity index (χ4v) is 2.53. The number of primary amides is 1. The van der Waals surface area contributed by atoms with E-state index in [1.807, 2.05) is 13.8 Å². The van der Waals surface area contributed by atoms with Gasteiger partial charge in [-0.1, -0.05) is 35.4 Å². The first-order valence-electron chi connectivity index (χ1n) is 7.72. The van der Waals surface area contributed by atoms with E-state index in [9.17, 15) is 4.79 Å². The van der Waals surface area contributed by atoms with E-state index < -0.39 is 5.91 Å². The lowest BCUT2D eigenvalue weighted by atomic mass is 10.1. The van der Waals surface area contributed by atoms with Gasteiger partial charge in [0.2, 0.25) is 0 Å². The van der Waals surface area contributed by atoms with Crippen molar-refractivity contribution in [2.75, 3.05) is 7.11 Å². The zero-order chi connectivity index (χ0) is 18.4. The van der Waals surface area contributed by atoms with Crippen LogP contribution in [-0.2, 0) is 11.4 Å². The van der Waals surface area contributed by atoms with Gasteiger partial charge in [0.05, 0.1) is 7.11 Å². The van der Waals surface area contributed by atoms with Crippen LogP contribution in [0, 0.1) is 25.2 Å².